The minimum atomic E-state index is -1.53. The van der Waals surface area contributed by atoms with Gasteiger partial charge in [-0.05, 0) is 122 Å². The van der Waals surface area contributed by atoms with Gasteiger partial charge in [0.2, 0.25) is 0 Å². The molecular formula is C82H136NO8+. The van der Waals surface area contributed by atoms with Crippen molar-refractivity contribution in [1.29, 1.82) is 0 Å². The Bertz CT molecular complexity index is 2060. The van der Waals surface area contributed by atoms with Crippen LogP contribution in [0.1, 0.15) is 284 Å². The topological polar surface area (TPSA) is 108 Å². The Labute approximate surface area is 559 Å². The van der Waals surface area contributed by atoms with E-state index < -0.39 is 24.3 Å². The second-order valence-corrected chi connectivity index (χ2v) is 25.1. The van der Waals surface area contributed by atoms with Crippen molar-refractivity contribution in [3.8, 4) is 0 Å². The van der Waals surface area contributed by atoms with Gasteiger partial charge in [-0.3, -0.25) is 9.59 Å². The second kappa shape index (κ2) is 70.8. The molecule has 91 heavy (non-hydrogen) atoms. The van der Waals surface area contributed by atoms with E-state index in [0.717, 1.165) is 122 Å². The number of carboxylic acid groups (broad SMARTS) is 1. The fraction of sp³-hybridized carbons (Fsp3) is 0.646. The highest BCUT2D eigenvalue weighted by atomic mass is 16.7. The molecule has 0 aromatic rings. The Morgan fingerprint density at radius 1 is 0.330 bits per heavy atom. The number of allylic oxidation sites excluding steroid dienone is 26. The Balaban J connectivity index is 4.08. The summed E-state index contributed by atoms with van der Waals surface area (Å²) in [4.78, 5) is 37.6. The van der Waals surface area contributed by atoms with Crippen molar-refractivity contribution in [2.75, 3.05) is 47.5 Å². The lowest BCUT2D eigenvalue weighted by Crippen LogP contribution is -2.40. The maximum absolute atomic E-state index is 12.9. The number of unbranched alkanes of at least 4 members (excludes halogenated alkanes) is 25. The van der Waals surface area contributed by atoms with Crippen molar-refractivity contribution in [3.63, 3.8) is 0 Å². The van der Waals surface area contributed by atoms with E-state index >= 15 is 0 Å². The number of carbonyl (C=O) groups excluding carboxylic acids is 2. The number of likely N-dealkylation sites (N-methyl/N-ethyl adjacent to an activating group) is 1. The molecule has 0 aliphatic rings. The second-order valence-electron chi connectivity index (χ2n) is 25.1. The van der Waals surface area contributed by atoms with E-state index in [0.29, 0.717) is 17.4 Å². The van der Waals surface area contributed by atoms with Crippen molar-refractivity contribution >= 4 is 17.9 Å². The number of carbonyl (C=O) groups is 3. The Morgan fingerprint density at radius 2 is 0.593 bits per heavy atom. The molecule has 0 aromatic carbocycles. The summed E-state index contributed by atoms with van der Waals surface area (Å²) in [5.41, 5.74) is 0. The van der Waals surface area contributed by atoms with Gasteiger partial charge in [-0.1, -0.05) is 307 Å². The fourth-order valence-corrected chi connectivity index (χ4v) is 9.76. The first-order chi connectivity index (χ1) is 44.6. The summed E-state index contributed by atoms with van der Waals surface area (Å²) >= 11 is 0. The highest BCUT2D eigenvalue weighted by Crippen LogP contribution is 2.17. The number of aliphatic carboxylic acids is 1. The first-order valence-corrected chi connectivity index (χ1v) is 36.6. The van der Waals surface area contributed by atoms with Crippen molar-refractivity contribution in [2.45, 2.75) is 296 Å². The van der Waals surface area contributed by atoms with Gasteiger partial charge in [0.15, 0.2) is 6.10 Å². The molecule has 0 saturated carbocycles. The van der Waals surface area contributed by atoms with E-state index in [1.807, 2.05) is 21.1 Å². The van der Waals surface area contributed by atoms with E-state index in [4.69, 9.17) is 18.9 Å². The number of nitrogens with zero attached hydrogens (tertiary/aromatic N) is 1. The SMILES string of the molecule is CC/C=C\C/C=C\C/C=C\C/C=C\C/C=C\C/C=C\C/C=C\CCCCCC(=O)OC(COC(=O)CCCCCCCCCCCCCCCCCCCCCCCC/C=C\C/C=C\C/C=C\C/C=C\C/C=C\C/C=C\CC)COC(OCC[N+](C)(C)C)C(=O)O. The standard InChI is InChI=1S/C82H135NO8/c1-6-8-10-12-14-16-18-20-22-24-26-28-30-32-33-34-35-36-37-38-39-40-41-42-43-44-45-46-47-49-50-52-54-56-58-60-62-64-66-68-70-72-79(84)89-76-78(77-90-82(81(86)87)88-75-74-83(3,4)5)91-80(85)73-71-69-67-65-63-61-59-57-55-53-51-48-31-29-27-25-23-21-19-17-15-13-11-9-7-2/h8-11,14-17,20-23,26-29,32-33,35-36,48,51,55,57,61,63,78,82H,6-7,12-13,18-19,24-25,30-31,34,37-47,49-50,52-54,56,58-60,62,64-77H2,1-5H3/p+1/b10-8-,11-9-,16-14-,17-15-,22-20-,23-21-,28-26-,29-27-,33-32-,36-35-,51-48-,57-55-,63-61-. The first kappa shape index (κ1) is 85.9. The maximum atomic E-state index is 12.9. The van der Waals surface area contributed by atoms with Crippen LogP contribution < -0.4 is 0 Å². The Hall–Kier alpha value is -5.09. The highest BCUT2D eigenvalue weighted by Gasteiger charge is 2.25. The van der Waals surface area contributed by atoms with E-state index in [1.54, 1.807) is 0 Å². The van der Waals surface area contributed by atoms with Crippen LogP contribution in [0.4, 0.5) is 0 Å². The smallest absolute Gasteiger partial charge is 0.361 e. The molecule has 1 N–H and O–H groups in total. The zero-order valence-electron chi connectivity index (χ0n) is 58.9. The first-order valence-electron chi connectivity index (χ1n) is 36.6. The molecule has 0 radical (unpaired) electrons. The number of rotatable bonds is 66. The molecule has 0 bridgehead atoms. The summed E-state index contributed by atoms with van der Waals surface area (Å²) in [6.07, 6.45) is 102. The molecule has 516 valence electrons. The minimum absolute atomic E-state index is 0.174. The summed E-state index contributed by atoms with van der Waals surface area (Å²) in [6, 6.07) is 0. The summed E-state index contributed by atoms with van der Waals surface area (Å²) in [5, 5.41) is 9.75. The van der Waals surface area contributed by atoms with Crippen LogP contribution in [0.25, 0.3) is 0 Å². The average molecular weight is 1260 g/mol. The van der Waals surface area contributed by atoms with Gasteiger partial charge in [0.25, 0.3) is 6.29 Å². The van der Waals surface area contributed by atoms with Crippen LogP contribution in [0.2, 0.25) is 0 Å². The van der Waals surface area contributed by atoms with Gasteiger partial charge in [0, 0.05) is 12.8 Å². The van der Waals surface area contributed by atoms with E-state index in [1.165, 1.54) is 128 Å². The maximum Gasteiger partial charge on any atom is 0.361 e. The van der Waals surface area contributed by atoms with E-state index in [2.05, 4.69) is 172 Å². The predicted octanol–water partition coefficient (Wildman–Crippen LogP) is 23.2. The van der Waals surface area contributed by atoms with Crippen LogP contribution in [0, 0.1) is 0 Å². The molecule has 0 aromatic heterocycles. The number of quaternary nitrogens is 1. The van der Waals surface area contributed by atoms with Gasteiger partial charge in [0.1, 0.15) is 13.2 Å². The van der Waals surface area contributed by atoms with Crippen molar-refractivity contribution in [3.05, 3.63) is 158 Å². The van der Waals surface area contributed by atoms with Gasteiger partial charge in [-0.15, -0.1) is 0 Å². The Kier molecular flexibility index (Phi) is 66.8. The van der Waals surface area contributed by atoms with Crippen LogP contribution >= 0.6 is 0 Å². The summed E-state index contributed by atoms with van der Waals surface area (Å²) in [7, 11) is 5.96. The van der Waals surface area contributed by atoms with E-state index in [-0.39, 0.29) is 38.6 Å². The van der Waals surface area contributed by atoms with Gasteiger partial charge in [-0.2, -0.15) is 0 Å². The van der Waals surface area contributed by atoms with Gasteiger partial charge in [0.05, 0.1) is 34.4 Å². The molecule has 0 spiro atoms. The third-order valence-electron chi connectivity index (χ3n) is 15.3. The van der Waals surface area contributed by atoms with Gasteiger partial charge >= 0.3 is 17.9 Å². The van der Waals surface area contributed by atoms with E-state index in [9.17, 15) is 19.5 Å². The zero-order valence-corrected chi connectivity index (χ0v) is 58.9. The van der Waals surface area contributed by atoms with Crippen molar-refractivity contribution in [1.82, 2.24) is 0 Å². The molecule has 2 unspecified atom stereocenters. The van der Waals surface area contributed by atoms with Gasteiger partial charge < -0.3 is 28.5 Å². The molecule has 0 aliphatic heterocycles. The molecule has 0 saturated heterocycles. The van der Waals surface area contributed by atoms with Crippen LogP contribution in [-0.4, -0.2) is 87.4 Å². The fourth-order valence-electron chi connectivity index (χ4n) is 9.76. The molecule has 0 fully saturated rings. The molecule has 0 amide bonds. The Morgan fingerprint density at radius 3 is 0.890 bits per heavy atom. The molecule has 0 heterocycles. The number of carboxylic acids is 1. The van der Waals surface area contributed by atoms with Crippen molar-refractivity contribution in [2.24, 2.45) is 0 Å². The lowest BCUT2D eigenvalue weighted by molar-refractivity contribution is -0.870. The molecule has 9 nitrogen and oxygen atoms in total. The van der Waals surface area contributed by atoms with Crippen LogP contribution in [0.5, 0.6) is 0 Å². The quantitative estimate of drug-likeness (QED) is 0.0211. The lowest BCUT2D eigenvalue weighted by atomic mass is 10.0. The lowest BCUT2D eigenvalue weighted by Gasteiger charge is -2.25. The van der Waals surface area contributed by atoms with Crippen LogP contribution in [-0.2, 0) is 33.3 Å². The normalized spacial score (nSPS) is 13.6. The largest absolute Gasteiger partial charge is 0.477 e. The third-order valence-corrected chi connectivity index (χ3v) is 15.3. The summed E-state index contributed by atoms with van der Waals surface area (Å²) in [6.45, 7) is 4.61. The monoisotopic (exact) mass is 1260 g/mol. The summed E-state index contributed by atoms with van der Waals surface area (Å²) in [5.74, 6) is -2.05. The molecule has 2 atom stereocenters. The molecule has 0 aliphatic carbocycles. The zero-order chi connectivity index (χ0) is 66.1. The molecular weight excluding hydrogens is 1130 g/mol. The predicted molar refractivity (Wildman–Crippen MR) is 391 cm³/mol. The highest BCUT2D eigenvalue weighted by molar-refractivity contribution is 5.71. The third kappa shape index (κ3) is 72.2. The average Bonchev–Trinajstić information content (AvgIpc) is 3.46. The molecule has 0 rings (SSSR count). The van der Waals surface area contributed by atoms with Crippen molar-refractivity contribution < 1.29 is 42.9 Å². The number of hydrogen-bond acceptors (Lipinski definition) is 7. The van der Waals surface area contributed by atoms with Gasteiger partial charge in [-0.25, -0.2) is 4.79 Å². The molecule has 9 heteroatoms. The number of hydrogen-bond donors (Lipinski definition) is 1. The number of ether oxygens (including phenoxy) is 4. The summed E-state index contributed by atoms with van der Waals surface area (Å²) < 4.78 is 22.9. The van der Waals surface area contributed by atoms with Crippen LogP contribution in [0.15, 0.2) is 158 Å². The number of esters is 2. The van der Waals surface area contributed by atoms with Crippen LogP contribution in [0.3, 0.4) is 0 Å². The minimum Gasteiger partial charge on any atom is -0.477 e.